The Morgan fingerprint density at radius 1 is 1.35 bits per heavy atom. The van der Waals surface area contributed by atoms with Crippen molar-refractivity contribution in [3.05, 3.63) is 24.0 Å². The molecule has 108 valence electrons. The van der Waals surface area contributed by atoms with E-state index in [1.807, 2.05) is 0 Å². The lowest BCUT2D eigenvalue weighted by atomic mass is 9.84. The van der Waals surface area contributed by atoms with Gasteiger partial charge in [0, 0.05) is 18.8 Å². The molecule has 6 heteroatoms. The number of hydrogen-bond donors (Lipinski definition) is 2. The van der Waals surface area contributed by atoms with Gasteiger partial charge in [0.1, 0.15) is 12.2 Å². The van der Waals surface area contributed by atoms with Gasteiger partial charge in [-0.2, -0.15) is 0 Å². The molecule has 2 N–H and O–H groups in total. The maximum Gasteiger partial charge on any atom is 0.323 e. The molecule has 2 bridgehead atoms. The molecule has 1 aromatic heterocycles. The summed E-state index contributed by atoms with van der Waals surface area (Å²) in [4.78, 5) is 25.5. The predicted octanol–water partition coefficient (Wildman–Crippen LogP) is 0.397. The van der Waals surface area contributed by atoms with Crippen molar-refractivity contribution in [2.45, 2.75) is 25.4 Å². The topological polar surface area (TPSA) is 74.6 Å². The van der Waals surface area contributed by atoms with E-state index < -0.39 is 5.97 Å². The van der Waals surface area contributed by atoms with Gasteiger partial charge in [-0.25, -0.2) is 0 Å². The molecule has 4 rings (SSSR count). The number of carboxylic acid groups (broad SMARTS) is 1. The summed E-state index contributed by atoms with van der Waals surface area (Å²) < 4.78 is 1.47. The van der Waals surface area contributed by atoms with Crippen molar-refractivity contribution < 1.29 is 14.7 Å². The number of rotatable bonds is 4. The van der Waals surface area contributed by atoms with Crippen LogP contribution in [-0.4, -0.2) is 52.1 Å². The number of carboxylic acids is 1. The van der Waals surface area contributed by atoms with E-state index in [0.717, 1.165) is 32.5 Å². The monoisotopic (exact) mass is 277 g/mol. The Morgan fingerprint density at radius 2 is 2.10 bits per heavy atom. The predicted molar refractivity (Wildman–Crippen MR) is 72.5 cm³/mol. The maximum atomic E-state index is 12.3. The van der Waals surface area contributed by atoms with Crippen LogP contribution >= 0.6 is 0 Å². The van der Waals surface area contributed by atoms with E-state index in [4.69, 9.17) is 5.11 Å². The zero-order chi connectivity index (χ0) is 14.1. The standard InChI is InChI=1S/C14H19N3O3/c18-13(19)9-17-5-1-2-12(17)14(20)15-11-8-16-6-3-10(11)4-7-16/h1-2,5,10-11H,3-4,6-9H2,(H,15,20)(H,18,19). The highest BCUT2D eigenvalue weighted by molar-refractivity contribution is 5.93. The van der Waals surface area contributed by atoms with Crippen LogP contribution in [0.25, 0.3) is 0 Å². The first-order chi connectivity index (χ1) is 9.63. The molecular formula is C14H19N3O3. The van der Waals surface area contributed by atoms with Crippen molar-refractivity contribution in [1.82, 2.24) is 14.8 Å². The van der Waals surface area contributed by atoms with E-state index >= 15 is 0 Å². The van der Waals surface area contributed by atoms with E-state index in [-0.39, 0.29) is 18.5 Å². The fourth-order valence-electron chi connectivity index (χ4n) is 3.27. The first kappa shape index (κ1) is 13.2. The van der Waals surface area contributed by atoms with Crippen molar-refractivity contribution in [1.29, 1.82) is 0 Å². The fourth-order valence-corrected chi connectivity index (χ4v) is 3.27. The first-order valence-electron chi connectivity index (χ1n) is 7.03. The minimum absolute atomic E-state index is 0.171. The molecule has 3 aliphatic rings. The van der Waals surface area contributed by atoms with Crippen LogP contribution < -0.4 is 5.32 Å². The lowest BCUT2D eigenvalue weighted by molar-refractivity contribution is -0.137. The summed E-state index contributed by atoms with van der Waals surface area (Å²) in [6, 6.07) is 3.56. The number of carbonyl (C=O) groups excluding carboxylic acids is 1. The smallest absolute Gasteiger partial charge is 0.323 e. The van der Waals surface area contributed by atoms with E-state index in [9.17, 15) is 9.59 Å². The molecule has 0 saturated carbocycles. The number of amides is 1. The number of aliphatic carboxylic acids is 1. The highest BCUT2D eigenvalue weighted by Crippen LogP contribution is 2.27. The summed E-state index contributed by atoms with van der Waals surface area (Å²) in [7, 11) is 0. The summed E-state index contributed by atoms with van der Waals surface area (Å²) in [6.45, 7) is 2.99. The number of nitrogens with one attached hydrogen (secondary N) is 1. The van der Waals surface area contributed by atoms with Crippen LogP contribution in [0.3, 0.4) is 0 Å². The Hall–Kier alpha value is -1.82. The van der Waals surface area contributed by atoms with Gasteiger partial charge in [-0.1, -0.05) is 0 Å². The lowest BCUT2D eigenvalue weighted by Crippen LogP contribution is -2.57. The van der Waals surface area contributed by atoms with Gasteiger partial charge in [0.15, 0.2) is 0 Å². The van der Waals surface area contributed by atoms with E-state index in [2.05, 4.69) is 10.2 Å². The van der Waals surface area contributed by atoms with Gasteiger partial charge in [-0.05, 0) is 44.0 Å². The molecule has 20 heavy (non-hydrogen) atoms. The lowest BCUT2D eigenvalue weighted by Gasteiger charge is -2.44. The molecule has 1 amide bonds. The van der Waals surface area contributed by atoms with Crippen LogP contribution in [0, 0.1) is 5.92 Å². The minimum Gasteiger partial charge on any atom is -0.480 e. The third-order valence-electron chi connectivity index (χ3n) is 4.34. The van der Waals surface area contributed by atoms with Gasteiger partial charge < -0.3 is 19.9 Å². The van der Waals surface area contributed by atoms with Crippen LogP contribution in [0.1, 0.15) is 23.3 Å². The van der Waals surface area contributed by atoms with E-state index in [1.54, 1.807) is 18.3 Å². The zero-order valence-electron chi connectivity index (χ0n) is 11.3. The third-order valence-corrected chi connectivity index (χ3v) is 4.34. The molecule has 4 heterocycles. The second kappa shape index (κ2) is 5.28. The van der Waals surface area contributed by atoms with Gasteiger partial charge >= 0.3 is 5.97 Å². The number of fused-ring (bicyclic) bond motifs is 3. The molecule has 1 atom stereocenters. The summed E-state index contributed by atoms with van der Waals surface area (Å²) in [5.74, 6) is -0.556. The average molecular weight is 277 g/mol. The Balaban J connectivity index is 1.67. The number of nitrogens with zero attached hydrogens (tertiary/aromatic N) is 2. The molecule has 3 fully saturated rings. The van der Waals surface area contributed by atoms with Crippen molar-refractivity contribution in [2.75, 3.05) is 19.6 Å². The quantitative estimate of drug-likeness (QED) is 0.835. The van der Waals surface area contributed by atoms with Gasteiger partial charge in [-0.15, -0.1) is 0 Å². The third kappa shape index (κ3) is 2.56. The van der Waals surface area contributed by atoms with Crippen molar-refractivity contribution in [2.24, 2.45) is 5.92 Å². The van der Waals surface area contributed by atoms with E-state index in [1.165, 1.54) is 4.57 Å². The fraction of sp³-hybridized carbons (Fsp3) is 0.571. The average Bonchev–Trinajstić information content (AvgIpc) is 2.87. The Kier molecular flexibility index (Phi) is 3.48. The maximum absolute atomic E-state index is 12.3. The minimum atomic E-state index is -0.946. The van der Waals surface area contributed by atoms with Crippen LogP contribution in [0.2, 0.25) is 0 Å². The molecule has 0 spiro atoms. The van der Waals surface area contributed by atoms with Crippen molar-refractivity contribution in [3.8, 4) is 0 Å². The summed E-state index contributed by atoms with van der Waals surface area (Å²) in [6.07, 6.45) is 3.90. The summed E-state index contributed by atoms with van der Waals surface area (Å²) in [5.41, 5.74) is 0.420. The second-order valence-corrected chi connectivity index (χ2v) is 5.63. The highest BCUT2D eigenvalue weighted by Gasteiger charge is 2.35. The molecule has 0 aliphatic carbocycles. The molecule has 0 radical (unpaired) electrons. The first-order valence-corrected chi connectivity index (χ1v) is 7.03. The van der Waals surface area contributed by atoms with Crippen molar-refractivity contribution in [3.63, 3.8) is 0 Å². The molecule has 1 unspecified atom stereocenters. The van der Waals surface area contributed by atoms with Crippen LogP contribution in [0.15, 0.2) is 18.3 Å². The van der Waals surface area contributed by atoms with Crippen LogP contribution in [-0.2, 0) is 11.3 Å². The molecule has 3 aliphatic heterocycles. The van der Waals surface area contributed by atoms with Gasteiger partial charge in [0.2, 0.25) is 0 Å². The Labute approximate surface area is 117 Å². The second-order valence-electron chi connectivity index (χ2n) is 5.63. The molecule has 6 nitrogen and oxygen atoms in total. The highest BCUT2D eigenvalue weighted by atomic mass is 16.4. The Morgan fingerprint density at radius 3 is 2.70 bits per heavy atom. The number of carbonyl (C=O) groups is 2. The van der Waals surface area contributed by atoms with Crippen LogP contribution in [0.4, 0.5) is 0 Å². The zero-order valence-corrected chi connectivity index (χ0v) is 11.3. The number of aromatic nitrogens is 1. The van der Waals surface area contributed by atoms with Gasteiger partial charge in [-0.3, -0.25) is 9.59 Å². The molecule has 3 saturated heterocycles. The number of piperidine rings is 3. The summed E-state index contributed by atoms with van der Waals surface area (Å²) >= 11 is 0. The normalized spacial score (nSPS) is 28.3. The molecule has 0 aromatic carbocycles. The SMILES string of the molecule is O=C(O)Cn1cccc1C(=O)NC1CN2CCC1CC2. The van der Waals surface area contributed by atoms with Gasteiger partial charge in [0.25, 0.3) is 5.91 Å². The molecule has 1 aromatic rings. The Bertz CT molecular complexity index is 517. The van der Waals surface area contributed by atoms with Gasteiger partial charge in [0.05, 0.1) is 0 Å². The van der Waals surface area contributed by atoms with E-state index in [0.29, 0.717) is 11.6 Å². The number of hydrogen-bond acceptors (Lipinski definition) is 3. The van der Waals surface area contributed by atoms with Crippen molar-refractivity contribution >= 4 is 11.9 Å². The van der Waals surface area contributed by atoms with Crippen LogP contribution in [0.5, 0.6) is 0 Å². The largest absolute Gasteiger partial charge is 0.480 e. The summed E-state index contributed by atoms with van der Waals surface area (Å²) in [5, 5.41) is 11.9. The molecular weight excluding hydrogens is 258 g/mol.